The quantitative estimate of drug-likeness (QED) is 0.673. The van der Waals surface area contributed by atoms with Gasteiger partial charge in [0.2, 0.25) is 0 Å². The number of nitrogens with zero attached hydrogens (tertiary/aromatic N) is 1. The summed E-state index contributed by atoms with van der Waals surface area (Å²) in [5, 5.41) is 21.1. The molecule has 18 heavy (non-hydrogen) atoms. The summed E-state index contributed by atoms with van der Waals surface area (Å²) in [5.74, 6) is -0.698. The third kappa shape index (κ3) is 2.58. The maximum Gasteiger partial charge on any atom is 0.317 e. The van der Waals surface area contributed by atoms with Gasteiger partial charge >= 0.3 is 12.0 Å². The van der Waals surface area contributed by atoms with Gasteiger partial charge in [-0.25, -0.2) is 4.79 Å². The molecule has 0 bridgehead atoms. The normalized spacial score (nSPS) is 26.8. The first-order valence-electron chi connectivity index (χ1n) is 6.39. The number of aliphatic carboxylic acids is 1. The third-order valence-corrected chi connectivity index (χ3v) is 4.08. The van der Waals surface area contributed by atoms with Crippen molar-refractivity contribution < 1.29 is 19.8 Å². The molecule has 1 saturated heterocycles. The number of hydrogen-bond acceptors (Lipinski definition) is 3. The first kappa shape index (κ1) is 13.1. The molecule has 0 radical (unpaired) electrons. The maximum atomic E-state index is 11.9. The predicted octanol–water partition coefficient (Wildman–Crippen LogP) is 0.263. The van der Waals surface area contributed by atoms with E-state index in [1.165, 1.54) is 0 Å². The first-order chi connectivity index (χ1) is 8.44. The van der Waals surface area contributed by atoms with Crippen LogP contribution in [0, 0.1) is 11.3 Å². The topological polar surface area (TPSA) is 89.9 Å². The minimum atomic E-state index is -0.828. The van der Waals surface area contributed by atoms with Gasteiger partial charge in [0, 0.05) is 25.6 Å². The standard InChI is InChI=1S/C12H20N2O4/c1-8(15)9-2-5-14(6-9)11(18)13-7-12(3-4-12)10(16)17/h8-9,15H,2-7H2,1H3,(H,13,18)(H,16,17). The van der Waals surface area contributed by atoms with E-state index in [0.29, 0.717) is 25.9 Å². The molecule has 2 aliphatic rings. The molecule has 6 heteroatoms. The minimum Gasteiger partial charge on any atom is -0.481 e. The number of nitrogens with one attached hydrogen (secondary N) is 1. The predicted molar refractivity (Wildman–Crippen MR) is 64.1 cm³/mol. The molecule has 1 saturated carbocycles. The molecule has 6 nitrogen and oxygen atoms in total. The monoisotopic (exact) mass is 256 g/mol. The number of hydrogen-bond donors (Lipinski definition) is 3. The number of amides is 2. The van der Waals surface area contributed by atoms with Gasteiger partial charge in [-0.1, -0.05) is 0 Å². The van der Waals surface area contributed by atoms with Crippen molar-refractivity contribution >= 4 is 12.0 Å². The molecule has 1 heterocycles. The van der Waals surface area contributed by atoms with Gasteiger partial charge in [-0.3, -0.25) is 4.79 Å². The second-order valence-electron chi connectivity index (χ2n) is 5.48. The van der Waals surface area contributed by atoms with E-state index in [-0.39, 0.29) is 18.5 Å². The van der Waals surface area contributed by atoms with Gasteiger partial charge in [0.25, 0.3) is 0 Å². The molecule has 3 N–H and O–H groups in total. The third-order valence-electron chi connectivity index (χ3n) is 4.08. The Morgan fingerprint density at radius 1 is 1.50 bits per heavy atom. The molecule has 1 aliphatic heterocycles. The molecule has 1 aliphatic carbocycles. The SMILES string of the molecule is CC(O)C1CCN(C(=O)NCC2(C(=O)O)CC2)C1. The van der Waals surface area contributed by atoms with Crippen LogP contribution < -0.4 is 5.32 Å². The molecule has 0 aromatic heterocycles. The summed E-state index contributed by atoms with van der Waals surface area (Å²) in [7, 11) is 0. The largest absolute Gasteiger partial charge is 0.481 e. The zero-order valence-electron chi connectivity index (χ0n) is 10.6. The summed E-state index contributed by atoms with van der Waals surface area (Å²) in [6, 6.07) is -0.217. The van der Waals surface area contributed by atoms with Gasteiger partial charge in [-0.2, -0.15) is 0 Å². The summed E-state index contributed by atoms with van der Waals surface area (Å²) in [6.45, 7) is 3.11. The first-order valence-corrected chi connectivity index (χ1v) is 6.39. The van der Waals surface area contributed by atoms with Crippen LogP contribution in [-0.2, 0) is 4.79 Å². The number of aliphatic hydroxyl groups excluding tert-OH is 1. The Hall–Kier alpha value is -1.30. The van der Waals surface area contributed by atoms with Crippen LogP contribution in [0.2, 0.25) is 0 Å². The number of carbonyl (C=O) groups is 2. The lowest BCUT2D eigenvalue weighted by Gasteiger charge is -2.19. The summed E-state index contributed by atoms with van der Waals surface area (Å²) >= 11 is 0. The average molecular weight is 256 g/mol. The van der Waals surface area contributed by atoms with Crippen LogP contribution >= 0.6 is 0 Å². The van der Waals surface area contributed by atoms with Gasteiger partial charge < -0.3 is 20.4 Å². The van der Waals surface area contributed by atoms with Crippen molar-refractivity contribution in [2.45, 2.75) is 32.3 Å². The molecule has 0 aromatic rings. The van der Waals surface area contributed by atoms with Crippen molar-refractivity contribution in [2.24, 2.45) is 11.3 Å². The van der Waals surface area contributed by atoms with Crippen molar-refractivity contribution in [3.05, 3.63) is 0 Å². The number of urea groups is 1. The number of carboxylic acid groups (broad SMARTS) is 1. The van der Waals surface area contributed by atoms with Gasteiger partial charge in [0.15, 0.2) is 0 Å². The van der Waals surface area contributed by atoms with Gasteiger partial charge in [-0.05, 0) is 26.2 Å². The van der Waals surface area contributed by atoms with Crippen LogP contribution in [-0.4, -0.2) is 52.9 Å². The lowest BCUT2D eigenvalue weighted by atomic mass is 10.0. The Morgan fingerprint density at radius 2 is 2.17 bits per heavy atom. The number of rotatable bonds is 4. The van der Waals surface area contributed by atoms with Crippen LogP contribution in [0.25, 0.3) is 0 Å². The van der Waals surface area contributed by atoms with Gasteiger partial charge in [-0.15, -0.1) is 0 Å². The molecular weight excluding hydrogens is 236 g/mol. The number of carbonyl (C=O) groups excluding carboxylic acids is 1. The number of aliphatic hydroxyl groups is 1. The summed E-state index contributed by atoms with van der Waals surface area (Å²) in [4.78, 5) is 24.5. The molecule has 2 fully saturated rings. The van der Waals surface area contributed by atoms with Gasteiger partial charge in [0.05, 0.1) is 11.5 Å². The van der Waals surface area contributed by atoms with Crippen LogP contribution in [0.15, 0.2) is 0 Å². The fraction of sp³-hybridized carbons (Fsp3) is 0.833. The number of likely N-dealkylation sites (tertiary alicyclic amines) is 1. The van der Waals surface area contributed by atoms with E-state index in [1.807, 2.05) is 0 Å². The number of carboxylic acids is 1. The Labute approximate surface area is 106 Å². The smallest absolute Gasteiger partial charge is 0.317 e. The lowest BCUT2D eigenvalue weighted by molar-refractivity contribution is -0.143. The van der Waals surface area contributed by atoms with E-state index in [1.54, 1.807) is 11.8 Å². The molecule has 2 unspecified atom stereocenters. The Bertz CT molecular complexity index is 352. The van der Waals surface area contributed by atoms with Crippen LogP contribution in [0.1, 0.15) is 26.2 Å². The Morgan fingerprint density at radius 3 is 2.61 bits per heavy atom. The summed E-state index contributed by atoms with van der Waals surface area (Å²) in [6.07, 6.45) is 1.67. The molecule has 2 amide bonds. The van der Waals surface area contributed by atoms with E-state index in [4.69, 9.17) is 5.11 Å². The van der Waals surface area contributed by atoms with E-state index in [9.17, 15) is 14.7 Å². The molecule has 0 aromatic carbocycles. The molecule has 2 rings (SSSR count). The summed E-state index contributed by atoms with van der Waals surface area (Å²) in [5.41, 5.74) is -0.723. The zero-order valence-corrected chi connectivity index (χ0v) is 10.6. The summed E-state index contributed by atoms with van der Waals surface area (Å²) < 4.78 is 0. The van der Waals surface area contributed by atoms with Crippen LogP contribution in [0.4, 0.5) is 4.79 Å². The van der Waals surface area contributed by atoms with Crippen molar-refractivity contribution in [1.82, 2.24) is 10.2 Å². The highest BCUT2D eigenvalue weighted by Gasteiger charge is 2.50. The van der Waals surface area contributed by atoms with Crippen molar-refractivity contribution in [3.8, 4) is 0 Å². The van der Waals surface area contributed by atoms with E-state index < -0.39 is 17.5 Å². The van der Waals surface area contributed by atoms with E-state index in [0.717, 1.165) is 6.42 Å². The second kappa shape index (κ2) is 4.76. The fourth-order valence-electron chi connectivity index (χ4n) is 2.34. The zero-order chi connectivity index (χ0) is 13.3. The highest BCUT2D eigenvalue weighted by Crippen LogP contribution is 2.45. The fourth-order valence-corrected chi connectivity index (χ4v) is 2.34. The molecule has 0 spiro atoms. The van der Waals surface area contributed by atoms with Crippen LogP contribution in [0.5, 0.6) is 0 Å². The average Bonchev–Trinajstić information content (AvgIpc) is 2.94. The highest BCUT2D eigenvalue weighted by molar-refractivity contribution is 5.80. The van der Waals surface area contributed by atoms with Crippen molar-refractivity contribution in [1.29, 1.82) is 0 Å². The maximum absolute atomic E-state index is 11.9. The Kier molecular flexibility index (Phi) is 3.47. The lowest BCUT2D eigenvalue weighted by Crippen LogP contribution is -2.42. The van der Waals surface area contributed by atoms with E-state index in [2.05, 4.69) is 5.32 Å². The van der Waals surface area contributed by atoms with Gasteiger partial charge in [0.1, 0.15) is 0 Å². The highest BCUT2D eigenvalue weighted by atomic mass is 16.4. The van der Waals surface area contributed by atoms with Crippen molar-refractivity contribution in [2.75, 3.05) is 19.6 Å². The molecule has 102 valence electrons. The van der Waals surface area contributed by atoms with Crippen LogP contribution in [0.3, 0.4) is 0 Å². The van der Waals surface area contributed by atoms with Crippen molar-refractivity contribution in [3.63, 3.8) is 0 Å². The second-order valence-corrected chi connectivity index (χ2v) is 5.48. The minimum absolute atomic E-state index is 0.130. The molecular formula is C12H20N2O4. The molecule has 2 atom stereocenters. The Balaban J connectivity index is 1.78. The van der Waals surface area contributed by atoms with E-state index >= 15 is 0 Å².